The molecule has 1 N–H and O–H groups in total. The Kier molecular flexibility index (Phi) is 6.86. The molecule has 10 heteroatoms. The zero-order valence-electron chi connectivity index (χ0n) is 15.6. The molecule has 0 bridgehead atoms. The van der Waals surface area contributed by atoms with Gasteiger partial charge in [-0.3, -0.25) is 10.1 Å². The fourth-order valence-corrected chi connectivity index (χ4v) is 5.93. The average molecular weight is 439 g/mol. The Hall–Kier alpha value is -1.75. The van der Waals surface area contributed by atoms with E-state index in [-0.39, 0.29) is 4.90 Å². The highest BCUT2D eigenvalue weighted by atomic mass is 32.2. The summed E-state index contributed by atoms with van der Waals surface area (Å²) < 4.78 is 28.0. The van der Waals surface area contributed by atoms with E-state index in [1.165, 1.54) is 33.5 Å². The topological polar surface area (TPSA) is 92.3 Å². The predicted molar refractivity (Wildman–Crippen MR) is 113 cm³/mol. The van der Waals surface area contributed by atoms with Gasteiger partial charge in [0.2, 0.25) is 15.2 Å². The molecule has 1 aromatic heterocycles. The molecule has 0 saturated carbocycles. The fourth-order valence-electron chi connectivity index (χ4n) is 2.87. The number of aromatic nitrogens is 2. The Labute approximate surface area is 173 Å². The van der Waals surface area contributed by atoms with Crippen LogP contribution in [0.1, 0.15) is 35.2 Å². The smallest absolute Gasteiger partial charge is 0.257 e. The van der Waals surface area contributed by atoms with Crippen LogP contribution in [0, 0.1) is 6.92 Å². The van der Waals surface area contributed by atoms with Crippen LogP contribution >= 0.6 is 23.1 Å². The summed E-state index contributed by atoms with van der Waals surface area (Å²) in [6.07, 6.45) is 4.54. The Morgan fingerprint density at radius 1 is 1.32 bits per heavy atom. The summed E-state index contributed by atoms with van der Waals surface area (Å²) in [5.41, 5.74) is 1.01. The van der Waals surface area contributed by atoms with Crippen LogP contribution in [0.15, 0.2) is 40.1 Å². The first-order valence-corrected chi connectivity index (χ1v) is 12.2. The van der Waals surface area contributed by atoms with Crippen molar-refractivity contribution < 1.29 is 13.2 Å². The normalized spacial score (nSPS) is 15.3. The molecule has 0 aliphatic carbocycles. The van der Waals surface area contributed by atoms with E-state index in [0.29, 0.717) is 35.1 Å². The third-order valence-corrected chi connectivity index (χ3v) is 8.22. The Morgan fingerprint density at radius 3 is 2.79 bits per heavy atom. The minimum atomic E-state index is -3.60. The van der Waals surface area contributed by atoms with Crippen LogP contribution in [0.5, 0.6) is 0 Å². The number of hydrogen-bond acceptors (Lipinski definition) is 7. The number of aryl methyl sites for hydroxylation is 1. The van der Waals surface area contributed by atoms with Crippen molar-refractivity contribution >= 4 is 44.2 Å². The van der Waals surface area contributed by atoms with Gasteiger partial charge in [-0.2, -0.15) is 4.31 Å². The van der Waals surface area contributed by atoms with Crippen LogP contribution in [-0.2, 0) is 10.0 Å². The van der Waals surface area contributed by atoms with Crippen molar-refractivity contribution in [1.29, 1.82) is 0 Å². The van der Waals surface area contributed by atoms with Crippen molar-refractivity contribution in [3.63, 3.8) is 0 Å². The standard InChI is InChI=1S/C18H22N4O3S3/c1-3-11-26-18-21-20-17(27-18)19-16(23)15-12-14(8-7-13(15)2)28(24,25)22-9-5-4-6-10-22/h3,7-8,12H,1,4-6,9-11H2,2H3,(H,19,20,23). The number of nitrogens with zero attached hydrogens (tertiary/aromatic N) is 3. The van der Waals surface area contributed by atoms with Crippen LogP contribution < -0.4 is 5.32 Å². The summed E-state index contributed by atoms with van der Waals surface area (Å²) in [6, 6.07) is 4.67. The van der Waals surface area contributed by atoms with Crippen molar-refractivity contribution in [2.24, 2.45) is 0 Å². The molecule has 150 valence electrons. The van der Waals surface area contributed by atoms with E-state index in [1.54, 1.807) is 25.1 Å². The van der Waals surface area contributed by atoms with E-state index in [0.717, 1.165) is 23.6 Å². The largest absolute Gasteiger partial charge is 0.296 e. The van der Waals surface area contributed by atoms with Crippen LogP contribution in [0.25, 0.3) is 0 Å². The van der Waals surface area contributed by atoms with Gasteiger partial charge in [0.15, 0.2) is 4.34 Å². The highest BCUT2D eigenvalue weighted by molar-refractivity contribution is 8.01. The predicted octanol–water partition coefficient (Wildman–Crippen LogP) is 3.55. The van der Waals surface area contributed by atoms with Gasteiger partial charge in [0.25, 0.3) is 5.91 Å². The van der Waals surface area contributed by atoms with Gasteiger partial charge in [0, 0.05) is 24.4 Å². The van der Waals surface area contributed by atoms with Gasteiger partial charge in [0.1, 0.15) is 0 Å². The van der Waals surface area contributed by atoms with Crippen molar-refractivity contribution in [1.82, 2.24) is 14.5 Å². The summed E-state index contributed by atoms with van der Waals surface area (Å²) in [5, 5.41) is 11.1. The van der Waals surface area contributed by atoms with Crippen molar-refractivity contribution in [2.75, 3.05) is 24.2 Å². The minimum absolute atomic E-state index is 0.143. The Morgan fingerprint density at radius 2 is 2.07 bits per heavy atom. The molecule has 0 spiro atoms. The summed E-state index contributed by atoms with van der Waals surface area (Å²) in [6.45, 7) is 6.47. The highest BCUT2D eigenvalue weighted by Gasteiger charge is 2.27. The van der Waals surface area contributed by atoms with Crippen LogP contribution in [0.4, 0.5) is 5.13 Å². The molecule has 2 heterocycles. The number of nitrogens with one attached hydrogen (secondary N) is 1. The van der Waals surface area contributed by atoms with E-state index < -0.39 is 15.9 Å². The molecule has 1 amide bonds. The molecule has 0 unspecified atom stereocenters. The monoisotopic (exact) mass is 438 g/mol. The van der Waals surface area contributed by atoms with Crippen molar-refractivity contribution in [3.8, 4) is 0 Å². The van der Waals surface area contributed by atoms with Crippen LogP contribution in [0.3, 0.4) is 0 Å². The van der Waals surface area contributed by atoms with E-state index in [1.807, 2.05) is 0 Å². The quantitative estimate of drug-likeness (QED) is 0.404. The number of piperidine rings is 1. The highest BCUT2D eigenvalue weighted by Crippen LogP contribution is 2.27. The zero-order chi connectivity index (χ0) is 20.1. The summed E-state index contributed by atoms with van der Waals surface area (Å²) in [4.78, 5) is 12.9. The number of sulfonamides is 1. The number of carbonyl (C=O) groups excluding carboxylic acids is 1. The third kappa shape index (κ3) is 4.80. The second kappa shape index (κ2) is 9.17. The first-order chi connectivity index (χ1) is 13.4. The summed E-state index contributed by atoms with van der Waals surface area (Å²) >= 11 is 2.75. The Bertz CT molecular complexity index is 966. The molecule has 1 aromatic carbocycles. The SMILES string of the molecule is C=CCSc1nnc(NC(=O)c2cc(S(=O)(=O)N3CCCCC3)ccc2C)s1. The summed E-state index contributed by atoms with van der Waals surface area (Å²) in [5.74, 6) is 0.308. The molecular formula is C18H22N4O3S3. The summed E-state index contributed by atoms with van der Waals surface area (Å²) in [7, 11) is -3.60. The van der Waals surface area contributed by atoms with Gasteiger partial charge in [-0.05, 0) is 37.5 Å². The lowest BCUT2D eigenvalue weighted by molar-refractivity contribution is 0.102. The molecule has 2 aromatic rings. The van der Waals surface area contributed by atoms with Gasteiger partial charge in [-0.25, -0.2) is 8.42 Å². The van der Waals surface area contributed by atoms with Crippen LogP contribution in [0.2, 0.25) is 0 Å². The second-order valence-corrected chi connectivity index (χ2v) is 10.6. The lowest BCUT2D eigenvalue weighted by atomic mass is 10.1. The molecular weight excluding hydrogens is 416 g/mol. The number of thioether (sulfide) groups is 1. The van der Waals surface area contributed by atoms with Gasteiger partial charge >= 0.3 is 0 Å². The van der Waals surface area contributed by atoms with Crippen molar-refractivity contribution in [2.45, 2.75) is 35.4 Å². The van der Waals surface area contributed by atoms with Gasteiger partial charge in [0.05, 0.1) is 4.90 Å². The molecule has 0 atom stereocenters. The van der Waals surface area contributed by atoms with Crippen LogP contribution in [-0.4, -0.2) is 47.7 Å². The van der Waals surface area contributed by atoms with Gasteiger partial charge in [-0.15, -0.1) is 16.8 Å². The maximum Gasteiger partial charge on any atom is 0.257 e. The fraction of sp³-hybridized carbons (Fsp3) is 0.389. The molecule has 0 radical (unpaired) electrons. The zero-order valence-corrected chi connectivity index (χ0v) is 18.0. The Balaban J connectivity index is 1.79. The lowest BCUT2D eigenvalue weighted by Gasteiger charge is -2.26. The molecule has 1 aliphatic rings. The first kappa shape index (κ1) is 21.0. The molecule has 7 nitrogen and oxygen atoms in total. The number of rotatable bonds is 7. The molecule has 1 saturated heterocycles. The lowest BCUT2D eigenvalue weighted by Crippen LogP contribution is -2.35. The first-order valence-electron chi connectivity index (χ1n) is 8.91. The maximum atomic E-state index is 12.9. The molecule has 1 aliphatic heterocycles. The number of carbonyl (C=O) groups is 1. The van der Waals surface area contributed by atoms with E-state index >= 15 is 0 Å². The van der Waals surface area contributed by atoms with Crippen molar-refractivity contribution in [3.05, 3.63) is 42.0 Å². The number of anilines is 1. The third-order valence-electron chi connectivity index (χ3n) is 4.36. The van der Waals surface area contributed by atoms with E-state index in [2.05, 4.69) is 22.1 Å². The van der Waals surface area contributed by atoms with Gasteiger partial charge < -0.3 is 0 Å². The molecule has 3 rings (SSSR count). The average Bonchev–Trinajstić information content (AvgIpc) is 3.14. The van der Waals surface area contributed by atoms with E-state index in [9.17, 15) is 13.2 Å². The molecule has 28 heavy (non-hydrogen) atoms. The maximum absolute atomic E-state index is 12.9. The second-order valence-electron chi connectivity index (χ2n) is 6.37. The minimum Gasteiger partial charge on any atom is -0.296 e. The van der Waals surface area contributed by atoms with Gasteiger partial charge in [-0.1, -0.05) is 41.7 Å². The number of amides is 1. The van der Waals surface area contributed by atoms with E-state index in [4.69, 9.17) is 0 Å². The number of hydrogen-bond donors (Lipinski definition) is 1. The number of benzene rings is 1. The molecule has 1 fully saturated rings.